The number of imidazole rings is 1. The minimum absolute atomic E-state index is 0.741. The first-order valence-corrected chi connectivity index (χ1v) is 7.61. The van der Waals surface area contributed by atoms with E-state index in [1.807, 2.05) is 42.7 Å². The quantitative estimate of drug-likeness (QED) is 0.596. The summed E-state index contributed by atoms with van der Waals surface area (Å²) in [6, 6.07) is 18.4. The first-order valence-electron chi connectivity index (χ1n) is 7.61. The van der Waals surface area contributed by atoms with Gasteiger partial charge in [-0.25, -0.2) is 4.98 Å². The highest BCUT2D eigenvalue weighted by Crippen LogP contribution is 2.16. The predicted octanol–water partition coefficient (Wildman–Crippen LogP) is 3.01. The summed E-state index contributed by atoms with van der Waals surface area (Å²) >= 11 is 0. The molecule has 5 heteroatoms. The molecule has 0 radical (unpaired) electrons. The Hall–Kier alpha value is -2.92. The molecule has 0 bridgehead atoms. The zero-order chi connectivity index (χ0) is 15.5. The van der Waals surface area contributed by atoms with Gasteiger partial charge in [-0.3, -0.25) is 5.10 Å². The molecule has 0 aliphatic carbocycles. The third-order valence-corrected chi connectivity index (χ3v) is 3.83. The van der Waals surface area contributed by atoms with Crippen LogP contribution in [0.1, 0.15) is 11.4 Å². The molecule has 0 amide bonds. The highest BCUT2D eigenvalue weighted by Gasteiger charge is 2.04. The molecule has 114 valence electrons. The van der Waals surface area contributed by atoms with Crippen LogP contribution in [0, 0.1) is 0 Å². The van der Waals surface area contributed by atoms with Crippen LogP contribution in [0.3, 0.4) is 0 Å². The Morgan fingerprint density at radius 3 is 2.83 bits per heavy atom. The summed E-state index contributed by atoms with van der Waals surface area (Å²) < 4.78 is 2.09. The Bertz CT molecular complexity index is 907. The second-order valence-corrected chi connectivity index (χ2v) is 5.42. The van der Waals surface area contributed by atoms with Gasteiger partial charge in [-0.1, -0.05) is 36.4 Å². The van der Waals surface area contributed by atoms with Crippen molar-refractivity contribution in [3.63, 3.8) is 0 Å². The van der Waals surface area contributed by atoms with Crippen molar-refractivity contribution in [2.24, 2.45) is 0 Å². The lowest BCUT2D eigenvalue weighted by Crippen LogP contribution is -2.15. The molecular formula is C18H17N5. The monoisotopic (exact) mass is 303 g/mol. The van der Waals surface area contributed by atoms with E-state index in [1.54, 1.807) is 0 Å². The van der Waals surface area contributed by atoms with Crippen molar-refractivity contribution in [3.05, 3.63) is 78.4 Å². The standard InChI is InChI=1S/C18H17N5/c1-2-5-14(6-3-1)17-11-15(21-22-17)12-19-13-16-7-4-8-18-20-9-10-23(16)18/h1-11,19H,12-13H2,(H,21,22). The van der Waals surface area contributed by atoms with Crippen molar-refractivity contribution in [3.8, 4) is 11.3 Å². The Morgan fingerprint density at radius 1 is 1.00 bits per heavy atom. The van der Waals surface area contributed by atoms with Gasteiger partial charge in [0.25, 0.3) is 0 Å². The summed E-state index contributed by atoms with van der Waals surface area (Å²) in [6.07, 6.45) is 3.80. The summed E-state index contributed by atoms with van der Waals surface area (Å²) in [6.45, 7) is 1.51. The zero-order valence-corrected chi connectivity index (χ0v) is 12.6. The Labute approximate surface area is 134 Å². The van der Waals surface area contributed by atoms with Crippen LogP contribution in [0.5, 0.6) is 0 Å². The lowest BCUT2D eigenvalue weighted by Gasteiger charge is -2.06. The first kappa shape index (κ1) is 13.7. The number of aromatic nitrogens is 4. The molecule has 0 aliphatic rings. The van der Waals surface area contributed by atoms with Gasteiger partial charge >= 0.3 is 0 Å². The van der Waals surface area contributed by atoms with E-state index >= 15 is 0 Å². The molecule has 1 aromatic carbocycles. The minimum atomic E-state index is 0.741. The number of benzene rings is 1. The molecule has 0 spiro atoms. The van der Waals surface area contributed by atoms with E-state index in [2.05, 4.69) is 49.2 Å². The normalized spacial score (nSPS) is 11.1. The maximum Gasteiger partial charge on any atom is 0.136 e. The molecule has 0 atom stereocenters. The van der Waals surface area contributed by atoms with Crippen molar-refractivity contribution < 1.29 is 0 Å². The van der Waals surface area contributed by atoms with Crippen LogP contribution in [0.25, 0.3) is 16.9 Å². The van der Waals surface area contributed by atoms with Crippen molar-refractivity contribution in [1.82, 2.24) is 24.9 Å². The second kappa shape index (κ2) is 6.06. The topological polar surface area (TPSA) is 58.0 Å². The molecule has 0 fully saturated rings. The maximum atomic E-state index is 4.37. The summed E-state index contributed by atoms with van der Waals surface area (Å²) in [5.41, 5.74) is 5.32. The predicted molar refractivity (Wildman–Crippen MR) is 89.8 cm³/mol. The minimum Gasteiger partial charge on any atom is -0.306 e. The molecule has 4 aromatic rings. The lowest BCUT2D eigenvalue weighted by molar-refractivity contribution is 0.660. The number of nitrogens with one attached hydrogen (secondary N) is 2. The smallest absolute Gasteiger partial charge is 0.136 e. The third-order valence-electron chi connectivity index (χ3n) is 3.83. The molecule has 23 heavy (non-hydrogen) atoms. The van der Waals surface area contributed by atoms with Gasteiger partial charge in [0.1, 0.15) is 5.65 Å². The van der Waals surface area contributed by atoms with Crippen LogP contribution >= 0.6 is 0 Å². The summed E-state index contributed by atoms with van der Waals surface area (Å²) in [5.74, 6) is 0. The second-order valence-electron chi connectivity index (χ2n) is 5.42. The molecule has 5 nitrogen and oxygen atoms in total. The number of H-pyrrole nitrogens is 1. The van der Waals surface area contributed by atoms with E-state index in [0.29, 0.717) is 0 Å². The van der Waals surface area contributed by atoms with E-state index in [4.69, 9.17) is 0 Å². The fraction of sp³-hybridized carbons (Fsp3) is 0.111. The van der Waals surface area contributed by atoms with E-state index in [9.17, 15) is 0 Å². The van der Waals surface area contributed by atoms with Gasteiger partial charge in [-0.2, -0.15) is 5.10 Å². The van der Waals surface area contributed by atoms with Gasteiger partial charge in [-0.05, 0) is 18.2 Å². The maximum absolute atomic E-state index is 4.37. The molecule has 3 aromatic heterocycles. The van der Waals surface area contributed by atoms with Crippen molar-refractivity contribution in [2.45, 2.75) is 13.1 Å². The fourth-order valence-corrected chi connectivity index (χ4v) is 2.68. The molecule has 0 unspecified atom stereocenters. The number of rotatable bonds is 5. The van der Waals surface area contributed by atoms with Crippen LogP contribution in [0.4, 0.5) is 0 Å². The number of pyridine rings is 1. The van der Waals surface area contributed by atoms with Crippen LogP contribution in [-0.4, -0.2) is 19.6 Å². The van der Waals surface area contributed by atoms with Crippen LogP contribution in [0.2, 0.25) is 0 Å². The van der Waals surface area contributed by atoms with Crippen molar-refractivity contribution in [1.29, 1.82) is 0 Å². The molecule has 0 saturated carbocycles. The highest BCUT2D eigenvalue weighted by molar-refractivity contribution is 5.58. The SMILES string of the molecule is c1ccc(-c2cc(CNCc3cccc4nccn34)[nH]n2)cc1. The van der Waals surface area contributed by atoms with Crippen LogP contribution < -0.4 is 5.32 Å². The van der Waals surface area contributed by atoms with Gasteiger partial charge in [0.2, 0.25) is 0 Å². The third kappa shape index (κ3) is 2.86. The average Bonchev–Trinajstić information content (AvgIpc) is 3.25. The number of hydrogen-bond donors (Lipinski definition) is 2. The Kier molecular flexibility index (Phi) is 3.62. The molecular weight excluding hydrogens is 286 g/mol. The number of aromatic amines is 1. The highest BCUT2D eigenvalue weighted by atomic mass is 15.1. The summed E-state index contributed by atoms with van der Waals surface area (Å²) in [4.78, 5) is 4.30. The van der Waals surface area contributed by atoms with Crippen molar-refractivity contribution >= 4 is 5.65 Å². The number of fused-ring (bicyclic) bond motifs is 1. The largest absolute Gasteiger partial charge is 0.306 e. The average molecular weight is 303 g/mol. The lowest BCUT2D eigenvalue weighted by atomic mass is 10.1. The molecule has 2 N–H and O–H groups in total. The number of nitrogens with zero attached hydrogens (tertiary/aromatic N) is 3. The van der Waals surface area contributed by atoms with Crippen LogP contribution in [-0.2, 0) is 13.1 Å². The van der Waals surface area contributed by atoms with E-state index in [-0.39, 0.29) is 0 Å². The van der Waals surface area contributed by atoms with E-state index < -0.39 is 0 Å². The van der Waals surface area contributed by atoms with Gasteiger partial charge in [0.15, 0.2) is 0 Å². The van der Waals surface area contributed by atoms with Gasteiger partial charge in [0.05, 0.1) is 5.69 Å². The van der Waals surface area contributed by atoms with Crippen molar-refractivity contribution in [2.75, 3.05) is 0 Å². The van der Waals surface area contributed by atoms with Gasteiger partial charge < -0.3 is 9.72 Å². The van der Waals surface area contributed by atoms with Gasteiger partial charge in [-0.15, -0.1) is 0 Å². The molecule has 0 aliphatic heterocycles. The Balaban J connectivity index is 1.42. The van der Waals surface area contributed by atoms with E-state index in [1.165, 1.54) is 5.69 Å². The molecule has 3 heterocycles. The molecule has 4 rings (SSSR count). The molecule has 0 saturated heterocycles. The van der Waals surface area contributed by atoms with E-state index in [0.717, 1.165) is 35.7 Å². The Morgan fingerprint density at radius 2 is 1.91 bits per heavy atom. The fourth-order valence-electron chi connectivity index (χ4n) is 2.68. The first-order chi connectivity index (χ1) is 11.4. The van der Waals surface area contributed by atoms with Gasteiger partial charge in [0, 0.05) is 42.4 Å². The summed E-state index contributed by atoms with van der Waals surface area (Å²) in [5, 5.41) is 10.9. The number of hydrogen-bond acceptors (Lipinski definition) is 3. The summed E-state index contributed by atoms with van der Waals surface area (Å²) in [7, 11) is 0. The van der Waals surface area contributed by atoms with Crippen LogP contribution in [0.15, 0.2) is 67.0 Å². The zero-order valence-electron chi connectivity index (χ0n) is 12.6.